The largest absolute Gasteiger partial charge is 0.465 e. The molecule has 1 unspecified atom stereocenters. The van der Waals surface area contributed by atoms with Crippen LogP contribution in [0.25, 0.3) is 21.5 Å². The number of thiophene rings is 1. The van der Waals surface area contributed by atoms with Gasteiger partial charge in [0.2, 0.25) is 0 Å². The quantitative estimate of drug-likeness (QED) is 0.517. The van der Waals surface area contributed by atoms with Crippen LogP contribution in [0.4, 0.5) is 10.5 Å². The molecule has 0 aliphatic carbocycles. The maximum Gasteiger partial charge on any atom is 0.410 e. The molecule has 0 radical (unpaired) electrons. The summed E-state index contributed by atoms with van der Waals surface area (Å²) in [6.45, 7) is 6.50. The van der Waals surface area contributed by atoms with Crippen LogP contribution < -0.4 is 11.5 Å². The first-order valence-electron chi connectivity index (χ1n) is 11.2. The molecule has 0 bridgehead atoms. The molecule has 3 aromatic rings. The van der Waals surface area contributed by atoms with Gasteiger partial charge >= 0.3 is 12.1 Å². The second-order valence-electron chi connectivity index (χ2n) is 9.47. The van der Waals surface area contributed by atoms with Gasteiger partial charge in [0.1, 0.15) is 15.3 Å². The molecule has 10 heteroatoms. The molecule has 184 valence electrons. The van der Waals surface area contributed by atoms with E-state index in [-0.39, 0.29) is 16.9 Å². The maximum absolute atomic E-state index is 12.6. The van der Waals surface area contributed by atoms with Gasteiger partial charge in [-0.05, 0) is 51.0 Å². The fourth-order valence-corrected chi connectivity index (χ4v) is 5.18. The highest BCUT2D eigenvalue weighted by atomic mass is 32.1. The number of carbonyl (C=O) groups is 3. The van der Waals surface area contributed by atoms with Crippen molar-refractivity contribution in [3.05, 3.63) is 46.3 Å². The van der Waals surface area contributed by atoms with Gasteiger partial charge in [-0.2, -0.15) is 0 Å². The van der Waals surface area contributed by atoms with Crippen molar-refractivity contribution < 1.29 is 23.9 Å². The highest BCUT2D eigenvalue weighted by molar-refractivity contribution is 7.21. The van der Waals surface area contributed by atoms with Gasteiger partial charge in [-0.15, -0.1) is 11.3 Å². The summed E-state index contributed by atoms with van der Waals surface area (Å²) in [6, 6.07) is 8.86. The van der Waals surface area contributed by atoms with Gasteiger partial charge in [-0.3, -0.25) is 4.79 Å². The van der Waals surface area contributed by atoms with E-state index >= 15 is 0 Å². The van der Waals surface area contributed by atoms with Crippen molar-refractivity contribution in [2.24, 2.45) is 5.73 Å². The maximum atomic E-state index is 12.6. The Morgan fingerprint density at radius 2 is 1.86 bits per heavy atom. The Kier molecular flexibility index (Phi) is 6.42. The minimum absolute atomic E-state index is 0.0289. The van der Waals surface area contributed by atoms with Crippen LogP contribution in [0, 0.1) is 0 Å². The zero-order valence-corrected chi connectivity index (χ0v) is 20.9. The van der Waals surface area contributed by atoms with E-state index in [2.05, 4.69) is 0 Å². The molecule has 4 N–H and O–H groups in total. The average Bonchev–Trinajstić information content (AvgIpc) is 3.42. The molecule has 1 atom stereocenters. The zero-order chi connectivity index (χ0) is 25.5. The molecular weight excluding hydrogens is 468 g/mol. The number of fused-ring (bicyclic) bond motifs is 1. The lowest BCUT2D eigenvalue weighted by Gasteiger charge is -2.24. The molecule has 1 aliphatic heterocycles. The van der Waals surface area contributed by atoms with E-state index in [0.717, 1.165) is 22.5 Å². The molecule has 1 aromatic carbocycles. The number of nitrogen functional groups attached to an aromatic ring is 1. The Balaban J connectivity index is 1.76. The standard InChI is InChI=1S/C25H28N4O5S/c1-25(2,3)34-24(32)29-10-9-15(12-29)16-11-17(13-5-7-14(8-6-13)23(31)33-4)28-22-18(16)19(26)20(35-22)21(27)30/h5-8,11,15H,9-10,12,26H2,1-4H3,(H2,27,30). The number of esters is 1. The summed E-state index contributed by atoms with van der Waals surface area (Å²) < 4.78 is 10.3. The number of hydrogen-bond donors (Lipinski definition) is 2. The third-order valence-corrected chi connectivity index (χ3v) is 6.95. The van der Waals surface area contributed by atoms with Crippen LogP contribution in [-0.2, 0) is 9.47 Å². The summed E-state index contributed by atoms with van der Waals surface area (Å²) in [5.41, 5.74) is 14.4. The van der Waals surface area contributed by atoms with Gasteiger partial charge < -0.3 is 25.8 Å². The van der Waals surface area contributed by atoms with E-state index in [1.807, 2.05) is 26.8 Å². The lowest BCUT2D eigenvalue weighted by molar-refractivity contribution is 0.0292. The normalized spacial score (nSPS) is 15.9. The minimum atomic E-state index is -0.609. The number of primary amides is 1. The first-order chi connectivity index (χ1) is 16.5. The second-order valence-corrected chi connectivity index (χ2v) is 10.5. The van der Waals surface area contributed by atoms with Crippen LogP contribution in [0.2, 0.25) is 0 Å². The molecule has 9 nitrogen and oxygen atoms in total. The molecule has 3 heterocycles. The summed E-state index contributed by atoms with van der Waals surface area (Å²) >= 11 is 1.15. The summed E-state index contributed by atoms with van der Waals surface area (Å²) in [5.74, 6) is -1.06. The predicted molar refractivity (Wildman–Crippen MR) is 134 cm³/mol. The lowest BCUT2D eigenvalue weighted by atomic mass is 9.93. The Bertz CT molecular complexity index is 1310. The molecule has 35 heavy (non-hydrogen) atoms. The Labute approximate surface area is 207 Å². The number of nitrogens with zero attached hydrogens (tertiary/aromatic N) is 2. The number of methoxy groups -OCH3 is 1. The summed E-state index contributed by atoms with van der Waals surface area (Å²) in [7, 11) is 1.33. The molecule has 4 rings (SSSR count). The summed E-state index contributed by atoms with van der Waals surface area (Å²) in [5, 5.41) is 0.690. The van der Waals surface area contributed by atoms with Crippen molar-refractivity contribution in [3.8, 4) is 11.3 Å². The van der Waals surface area contributed by atoms with Crippen molar-refractivity contribution in [1.82, 2.24) is 9.88 Å². The van der Waals surface area contributed by atoms with E-state index in [1.165, 1.54) is 7.11 Å². The number of likely N-dealkylation sites (tertiary alicyclic amines) is 1. The first-order valence-corrected chi connectivity index (χ1v) is 12.0. The summed E-state index contributed by atoms with van der Waals surface area (Å²) in [6.07, 6.45) is 0.348. The number of hydrogen-bond acceptors (Lipinski definition) is 8. The Morgan fingerprint density at radius 1 is 1.17 bits per heavy atom. The minimum Gasteiger partial charge on any atom is -0.465 e. The first kappa shape index (κ1) is 24.5. The molecule has 1 saturated heterocycles. The van der Waals surface area contributed by atoms with Crippen LogP contribution in [-0.4, -0.2) is 53.7 Å². The zero-order valence-electron chi connectivity index (χ0n) is 20.1. The smallest absolute Gasteiger partial charge is 0.410 e. The van der Waals surface area contributed by atoms with Crippen LogP contribution in [0.3, 0.4) is 0 Å². The highest BCUT2D eigenvalue weighted by Crippen LogP contribution is 2.42. The van der Waals surface area contributed by atoms with Crippen LogP contribution >= 0.6 is 11.3 Å². The van der Waals surface area contributed by atoms with Crippen molar-refractivity contribution in [1.29, 1.82) is 0 Å². The SMILES string of the molecule is COC(=O)c1ccc(-c2cc(C3CCN(C(=O)OC(C)(C)C)C3)c3c(N)c(C(N)=O)sc3n2)cc1. The van der Waals surface area contributed by atoms with Crippen molar-refractivity contribution >= 4 is 45.2 Å². The monoisotopic (exact) mass is 496 g/mol. The molecule has 2 amide bonds. The number of nitrogens with two attached hydrogens (primary N) is 2. The number of rotatable bonds is 4. The lowest BCUT2D eigenvalue weighted by Crippen LogP contribution is -2.35. The molecule has 2 aromatic heterocycles. The van der Waals surface area contributed by atoms with Crippen LogP contribution in [0.15, 0.2) is 30.3 Å². The third kappa shape index (κ3) is 4.93. The van der Waals surface area contributed by atoms with Gasteiger partial charge in [0, 0.05) is 30.0 Å². The second kappa shape index (κ2) is 9.18. The molecule has 0 spiro atoms. The van der Waals surface area contributed by atoms with E-state index < -0.39 is 17.5 Å². The van der Waals surface area contributed by atoms with Gasteiger partial charge in [0.25, 0.3) is 5.91 Å². The van der Waals surface area contributed by atoms with Crippen molar-refractivity contribution in [2.45, 2.75) is 38.7 Å². The van der Waals surface area contributed by atoms with Crippen molar-refractivity contribution in [3.63, 3.8) is 0 Å². The van der Waals surface area contributed by atoms with Gasteiger partial charge in [0.05, 0.1) is 24.1 Å². The average molecular weight is 497 g/mol. The number of ether oxygens (including phenoxy) is 2. The Morgan fingerprint density at radius 3 is 2.46 bits per heavy atom. The number of aromatic nitrogens is 1. The number of benzene rings is 1. The number of pyridine rings is 1. The molecule has 1 fully saturated rings. The van der Waals surface area contributed by atoms with Gasteiger partial charge in [0.15, 0.2) is 0 Å². The Hall–Kier alpha value is -3.66. The van der Waals surface area contributed by atoms with Crippen LogP contribution in [0.1, 0.15) is 58.7 Å². The third-order valence-electron chi connectivity index (χ3n) is 5.83. The number of anilines is 1. The van der Waals surface area contributed by atoms with Gasteiger partial charge in [-0.1, -0.05) is 12.1 Å². The molecule has 1 aliphatic rings. The number of carbonyl (C=O) groups excluding carboxylic acids is 3. The van der Waals surface area contributed by atoms with E-state index in [1.54, 1.807) is 29.2 Å². The van der Waals surface area contributed by atoms with E-state index in [0.29, 0.717) is 46.7 Å². The van der Waals surface area contributed by atoms with Crippen molar-refractivity contribution in [2.75, 3.05) is 25.9 Å². The van der Waals surface area contributed by atoms with E-state index in [9.17, 15) is 14.4 Å². The van der Waals surface area contributed by atoms with Crippen LogP contribution in [0.5, 0.6) is 0 Å². The predicted octanol–water partition coefficient (Wildman–Crippen LogP) is 4.16. The molecule has 0 saturated carbocycles. The number of amides is 2. The van der Waals surface area contributed by atoms with Gasteiger partial charge in [-0.25, -0.2) is 14.6 Å². The fraction of sp³-hybridized carbons (Fsp3) is 0.360. The highest BCUT2D eigenvalue weighted by Gasteiger charge is 2.33. The fourth-order valence-electron chi connectivity index (χ4n) is 4.20. The molecular formula is C25H28N4O5S. The topological polar surface area (TPSA) is 138 Å². The summed E-state index contributed by atoms with van der Waals surface area (Å²) in [4.78, 5) is 43.7. The van der Waals surface area contributed by atoms with E-state index in [4.69, 9.17) is 25.9 Å².